The lowest BCUT2D eigenvalue weighted by Gasteiger charge is -2.27. The topological polar surface area (TPSA) is 63.4 Å². The molecule has 2 N–H and O–H groups in total. The summed E-state index contributed by atoms with van der Waals surface area (Å²) in [7, 11) is 1.63. The first-order chi connectivity index (χ1) is 12.6. The highest BCUT2D eigenvalue weighted by Gasteiger charge is 2.25. The van der Waals surface area contributed by atoms with Crippen molar-refractivity contribution in [1.82, 2.24) is 10.3 Å². The van der Waals surface area contributed by atoms with E-state index in [9.17, 15) is 4.79 Å². The predicted octanol–water partition coefficient (Wildman–Crippen LogP) is 3.53. The van der Waals surface area contributed by atoms with E-state index >= 15 is 0 Å². The number of hydrogen-bond donors (Lipinski definition) is 2. The van der Waals surface area contributed by atoms with Crippen LogP contribution in [0, 0.1) is 13.8 Å². The molecule has 1 amide bonds. The van der Waals surface area contributed by atoms with Gasteiger partial charge in [-0.05, 0) is 38.0 Å². The van der Waals surface area contributed by atoms with Crippen LogP contribution in [0.15, 0.2) is 36.4 Å². The second-order valence-electron chi connectivity index (χ2n) is 6.74. The molecule has 0 radical (unpaired) electrons. The number of aromatic amines is 1. The SMILES string of the molecule is COc1cccc2c1OCC(NC(=O)c1cccc3c(C)c(C)[nH]c13)C2. The summed E-state index contributed by atoms with van der Waals surface area (Å²) in [6.45, 7) is 4.52. The number of para-hydroxylation sites is 2. The van der Waals surface area contributed by atoms with Gasteiger partial charge in [0.05, 0.1) is 24.2 Å². The molecular weight excluding hydrogens is 328 g/mol. The highest BCUT2D eigenvalue weighted by molar-refractivity contribution is 6.06. The standard InChI is InChI=1S/C21H22N2O3/c1-12-13(2)22-19-16(12)7-5-8-17(19)21(24)23-15-10-14-6-4-9-18(25-3)20(14)26-11-15/h4-9,15,22H,10-11H2,1-3H3,(H,23,24). The average Bonchev–Trinajstić information content (AvgIpc) is 2.95. The van der Waals surface area contributed by atoms with E-state index in [2.05, 4.69) is 17.2 Å². The van der Waals surface area contributed by atoms with E-state index in [1.54, 1.807) is 7.11 Å². The molecule has 1 unspecified atom stereocenters. The van der Waals surface area contributed by atoms with Crippen LogP contribution in [0.5, 0.6) is 11.5 Å². The molecule has 5 nitrogen and oxygen atoms in total. The maximum Gasteiger partial charge on any atom is 0.253 e. The van der Waals surface area contributed by atoms with Crippen molar-refractivity contribution in [3.05, 3.63) is 58.8 Å². The van der Waals surface area contributed by atoms with Gasteiger partial charge in [0.2, 0.25) is 0 Å². The van der Waals surface area contributed by atoms with Gasteiger partial charge < -0.3 is 19.8 Å². The average molecular weight is 350 g/mol. The molecule has 1 aliphatic rings. The molecule has 26 heavy (non-hydrogen) atoms. The Kier molecular flexibility index (Phi) is 4.07. The van der Waals surface area contributed by atoms with Crippen LogP contribution in [0.2, 0.25) is 0 Å². The van der Waals surface area contributed by atoms with Gasteiger partial charge in [-0.25, -0.2) is 0 Å². The van der Waals surface area contributed by atoms with E-state index < -0.39 is 0 Å². The number of hydrogen-bond acceptors (Lipinski definition) is 3. The van der Waals surface area contributed by atoms with Gasteiger partial charge in [-0.15, -0.1) is 0 Å². The molecule has 4 rings (SSSR count). The Bertz CT molecular complexity index is 990. The molecule has 0 spiro atoms. The molecule has 2 aromatic carbocycles. The van der Waals surface area contributed by atoms with Gasteiger partial charge in [0.25, 0.3) is 5.91 Å². The number of aryl methyl sites for hydroxylation is 2. The zero-order valence-corrected chi connectivity index (χ0v) is 15.2. The van der Waals surface area contributed by atoms with Crippen LogP contribution in [-0.4, -0.2) is 30.6 Å². The monoisotopic (exact) mass is 350 g/mol. The molecule has 1 aliphatic heterocycles. The second-order valence-corrected chi connectivity index (χ2v) is 6.74. The van der Waals surface area contributed by atoms with Crippen LogP contribution in [0.4, 0.5) is 0 Å². The lowest BCUT2D eigenvalue weighted by molar-refractivity contribution is 0.0916. The number of H-pyrrole nitrogens is 1. The first-order valence-corrected chi connectivity index (χ1v) is 8.76. The number of fused-ring (bicyclic) bond motifs is 2. The third-order valence-electron chi connectivity index (χ3n) is 5.10. The van der Waals surface area contributed by atoms with Crippen molar-refractivity contribution in [3.63, 3.8) is 0 Å². The van der Waals surface area contributed by atoms with Crippen LogP contribution in [-0.2, 0) is 6.42 Å². The normalized spacial score (nSPS) is 16.0. The summed E-state index contributed by atoms with van der Waals surface area (Å²) in [4.78, 5) is 16.2. The summed E-state index contributed by atoms with van der Waals surface area (Å²) in [6.07, 6.45) is 0.719. The number of amides is 1. The van der Waals surface area contributed by atoms with Gasteiger partial charge in [-0.2, -0.15) is 0 Å². The van der Waals surface area contributed by atoms with Gasteiger partial charge >= 0.3 is 0 Å². The largest absolute Gasteiger partial charge is 0.493 e. The van der Waals surface area contributed by atoms with Crippen molar-refractivity contribution in [2.75, 3.05) is 13.7 Å². The summed E-state index contributed by atoms with van der Waals surface area (Å²) < 4.78 is 11.2. The second kappa shape index (κ2) is 6.41. The van der Waals surface area contributed by atoms with Crippen LogP contribution in [0.1, 0.15) is 27.2 Å². The molecule has 0 bridgehead atoms. The van der Waals surface area contributed by atoms with Crippen molar-refractivity contribution in [1.29, 1.82) is 0 Å². The fourth-order valence-electron chi connectivity index (χ4n) is 3.58. The van der Waals surface area contributed by atoms with Crippen molar-refractivity contribution >= 4 is 16.8 Å². The minimum Gasteiger partial charge on any atom is -0.493 e. The summed E-state index contributed by atoms with van der Waals surface area (Å²) >= 11 is 0. The summed E-state index contributed by atoms with van der Waals surface area (Å²) in [5.41, 5.74) is 4.86. The number of carbonyl (C=O) groups is 1. The summed E-state index contributed by atoms with van der Waals surface area (Å²) in [5, 5.41) is 4.20. The number of carbonyl (C=O) groups excluding carboxylic acids is 1. The van der Waals surface area contributed by atoms with Crippen LogP contribution in [0.3, 0.4) is 0 Å². The molecular formula is C21H22N2O3. The number of aromatic nitrogens is 1. The van der Waals surface area contributed by atoms with E-state index in [-0.39, 0.29) is 11.9 Å². The van der Waals surface area contributed by atoms with Gasteiger partial charge in [-0.3, -0.25) is 4.79 Å². The maximum absolute atomic E-state index is 12.9. The number of ether oxygens (including phenoxy) is 2. The van der Waals surface area contributed by atoms with Gasteiger partial charge in [0.1, 0.15) is 6.61 Å². The van der Waals surface area contributed by atoms with Crippen LogP contribution >= 0.6 is 0 Å². The Morgan fingerprint density at radius 2 is 2.04 bits per heavy atom. The zero-order valence-electron chi connectivity index (χ0n) is 15.2. The van der Waals surface area contributed by atoms with Crippen molar-refractivity contribution in [2.45, 2.75) is 26.3 Å². The first kappa shape index (κ1) is 16.5. The van der Waals surface area contributed by atoms with E-state index in [1.807, 2.05) is 43.3 Å². The Hall–Kier alpha value is -2.95. The van der Waals surface area contributed by atoms with Gasteiger partial charge in [-0.1, -0.05) is 24.3 Å². The minimum atomic E-state index is -0.0863. The maximum atomic E-state index is 12.9. The Morgan fingerprint density at radius 1 is 1.23 bits per heavy atom. The lowest BCUT2D eigenvalue weighted by Crippen LogP contribution is -2.42. The molecule has 5 heteroatoms. The smallest absolute Gasteiger partial charge is 0.253 e. The number of nitrogens with one attached hydrogen (secondary N) is 2. The molecule has 0 saturated carbocycles. The van der Waals surface area contributed by atoms with Crippen molar-refractivity contribution < 1.29 is 14.3 Å². The zero-order chi connectivity index (χ0) is 18.3. The Labute approximate surface area is 152 Å². The van der Waals surface area contributed by atoms with E-state index in [0.717, 1.165) is 40.1 Å². The molecule has 3 aromatic rings. The highest BCUT2D eigenvalue weighted by Crippen LogP contribution is 2.34. The molecule has 0 fully saturated rings. The quantitative estimate of drug-likeness (QED) is 0.760. The van der Waals surface area contributed by atoms with Crippen LogP contribution < -0.4 is 14.8 Å². The van der Waals surface area contributed by atoms with Crippen molar-refractivity contribution in [2.24, 2.45) is 0 Å². The van der Waals surface area contributed by atoms with E-state index in [0.29, 0.717) is 12.2 Å². The molecule has 1 atom stereocenters. The summed E-state index contributed by atoms with van der Waals surface area (Å²) in [6, 6.07) is 11.6. The Balaban J connectivity index is 1.57. The lowest BCUT2D eigenvalue weighted by atomic mass is 10.0. The minimum absolute atomic E-state index is 0.0745. The fourth-order valence-corrected chi connectivity index (χ4v) is 3.58. The number of rotatable bonds is 3. The third-order valence-corrected chi connectivity index (χ3v) is 5.10. The molecule has 2 heterocycles. The molecule has 134 valence electrons. The van der Waals surface area contributed by atoms with Crippen LogP contribution in [0.25, 0.3) is 10.9 Å². The summed E-state index contributed by atoms with van der Waals surface area (Å²) in [5.74, 6) is 1.42. The van der Waals surface area contributed by atoms with Gasteiger partial charge in [0, 0.05) is 16.6 Å². The molecule has 0 saturated heterocycles. The fraction of sp³-hybridized carbons (Fsp3) is 0.286. The number of methoxy groups -OCH3 is 1. The predicted molar refractivity (Wildman–Crippen MR) is 101 cm³/mol. The molecule has 0 aliphatic carbocycles. The third kappa shape index (κ3) is 2.69. The molecule has 1 aromatic heterocycles. The Morgan fingerprint density at radius 3 is 2.85 bits per heavy atom. The van der Waals surface area contributed by atoms with Crippen molar-refractivity contribution in [3.8, 4) is 11.5 Å². The number of benzene rings is 2. The van der Waals surface area contributed by atoms with Gasteiger partial charge in [0.15, 0.2) is 11.5 Å². The first-order valence-electron chi connectivity index (χ1n) is 8.76. The van der Waals surface area contributed by atoms with E-state index in [4.69, 9.17) is 9.47 Å². The van der Waals surface area contributed by atoms with E-state index in [1.165, 1.54) is 5.56 Å². The highest BCUT2D eigenvalue weighted by atomic mass is 16.5.